The van der Waals surface area contributed by atoms with E-state index >= 15 is 0 Å². The number of hydrogen-bond donors (Lipinski definition) is 1. The molecule has 2 unspecified atom stereocenters. The van der Waals surface area contributed by atoms with Crippen molar-refractivity contribution in [2.45, 2.75) is 25.4 Å². The van der Waals surface area contributed by atoms with Crippen molar-refractivity contribution in [2.24, 2.45) is 5.73 Å². The lowest BCUT2D eigenvalue weighted by Crippen LogP contribution is -2.32. The largest absolute Gasteiger partial charge is 0.326 e. The molecule has 0 bridgehead atoms. The van der Waals surface area contributed by atoms with E-state index in [9.17, 15) is 0 Å². The number of benzene rings is 1. The molecule has 2 heterocycles. The molecule has 4 heteroatoms. The maximum absolute atomic E-state index is 6.36. The highest BCUT2D eigenvalue weighted by molar-refractivity contribution is 5.75. The van der Waals surface area contributed by atoms with Crippen LogP contribution in [0.25, 0.3) is 11.0 Å². The maximum Gasteiger partial charge on any atom is 0.0964 e. The molecule has 2 aromatic heterocycles. The minimum atomic E-state index is 0.0248. The van der Waals surface area contributed by atoms with Crippen LogP contribution < -0.4 is 5.73 Å². The topological polar surface area (TPSA) is 56.7 Å². The molecular weight excluding hydrogens is 248 g/mol. The van der Waals surface area contributed by atoms with E-state index in [0.717, 1.165) is 23.0 Å². The van der Waals surface area contributed by atoms with Crippen molar-refractivity contribution in [3.8, 4) is 0 Å². The van der Waals surface area contributed by atoms with Crippen molar-refractivity contribution in [3.05, 3.63) is 60.7 Å². The molecule has 20 heavy (non-hydrogen) atoms. The Labute approximate surface area is 118 Å². The molecule has 0 aliphatic carbocycles. The smallest absolute Gasteiger partial charge is 0.0964 e. The van der Waals surface area contributed by atoms with Gasteiger partial charge in [-0.2, -0.15) is 0 Å². The molecule has 1 aromatic carbocycles. The van der Waals surface area contributed by atoms with Crippen LogP contribution in [0.2, 0.25) is 0 Å². The summed E-state index contributed by atoms with van der Waals surface area (Å²) in [4.78, 5) is 8.69. The number of rotatable bonds is 4. The zero-order valence-electron chi connectivity index (χ0n) is 11.5. The second-order valence-electron chi connectivity index (χ2n) is 4.94. The predicted octanol–water partition coefficient (Wildman–Crippen LogP) is 2.76. The molecular formula is C16H18N4. The summed E-state index contributed by atoms with van der Waals surface area (Å²) < 4.78 is 2.15. The lowest BCUT2D eigenvalue weighted by molar-refractivity contribution is 0.466. The first-order valence-electron chi connectivity index (χ1n) is 6.88. The molecule has 4 nitrogen and oxygen atoms in total. The summed E-state index contributed by atoms with van der Waals surface area (Å²) in [7, 11) is 0. The second kappa shape index (κ2) is 5.43. The lowest BCUT2D eigenvalue weighted by Gasteiger charge is -2.25. The average molecular weight is 266 g/mol. The summed E-state index contributed by atoms with van der Waals surface area (Å²) in [6.07, 6.45) is 6.43. The van der Waals surface area contributed by atoms with Gasteiger partial charge in [0, 0.05) is 18.4 Å². The maximum atomic E-state index is 6.36. The summed E-state index contributed by atoms with van der Waals surface area (Å²) >= 11 is 0. The van der Waals surface area contributed by atoms with Gasteiger partial charge in [0.1, 0.15) is 0 Å². The van der Waals surface area contributed by atoms with Crippen LogP contribution in [-0.2, 0) is 0 Å². The average Bonchev–Trinajstić information content (AvgIpc) is 2.92. The zero-order chi connectivity index (χ0) is 13.9. The van der Waals surface area contributed by atoms with Crippen LogP contribution >= 0.6 is 0 Å². The fourth-order valence-corrected chi connectivity index (χ4v) is 2.59. The second-order valence-corrected chi connectivity index (χ2v) is 4.94. The molecule has 102 valence electrons. The zero-order valence-corrected chi connectivity index (χ0v) is 11.5. The molecule has 0 spiro atoms. The summed E-state index contributed by atoms with van der Waals surface area (Å²) in [5, 5.41) is 0. The van der Waals surface area contributed by atoms with E-state index in [2.05, 4.69) is 33.6 Å². The van der Waals surface area contributed by atoms with Crippen LogP contribution in [0.5, 0.6) is 0 Å². The minimum Gasteiger partial charge on any atom is -0.326 e. The van der Waals surface area contributed by atoms with Gasteiger partial charge in [-0.05, 0) is 30.2 Å². The van der Waals surface area contributed by atoms with Gasteiger partial charge in [0.15, 0.2) is 0 Å². The molecule has 0 saturated carbocycles. The number of aromatic nitrogens is 3. The van der Waals surface area contributed by atoms with Crippen LogP contribution in [0.1, 0.15) is 24.9 Å². The lowest BCUT2D eigenvalue weighted by atomic mass is 9.99. The van der Waals surface area contributed by atoms with Crippen LogP contribution in [0.4, 0.5) is 0 Å². The van der Waals surface area contributed by atoms with Gasteiger partial charge in [0.05, 0.1) is 23.4 Å². The van der Waals surface area contributed by atoms with Crippen molar-refractivity contribution in [2.75, 3.05) is 0 Å². The van der Waals surface area contributed by atoms with Crippen molar-refractivity contribution in [1.29, 1.82) is 0 Å². The van der Waals surface area contributed by atoms with Gasteiger partial charge in [-0.1, -0.05) is 25.1 Å². The van der Waals surface area contributed by atoms with Crippen molar-refractivity contribution < 1.29 is 0 Å². The monoisotopic (exact) mass is 266 g/mol. The summed E-state index contributed by atoms with van der Waals surface area (Å²) in [6, 6.07) is 12.2. The van der Waals surface area contributed by atoms with Gasteiger partial charge in [-0.25, -0.2) is 4.98 Å². The third-order valence-electron chi connectivity index (χ3n) is 3.68. The van der Waals surface area contributed by atoms with Gasteiger partial charge >= 0.3 is 0 Å². The molecule has 2 N–H and O–H groups in total. The summed E-state index contributed by atoms with van der Waals surface area (Å²) in [5.41, 5.74) is 9.56. The SMILES string of the molecule is CCC(N)C(c1cccnc1)n1cnc2ccccc21. The molecule has 0 fully saturated rings. The Balaban J connectivity index is 2.15. The fraction of sp³-hybridized carbons (Fsp3) is 0.250. The molecule has 0 aliphatic heterocycles. The number of nitrogens with two attached hydrogens (primary N) is 1. The normalized spacial score (nSPS) is 14.3. The highest BCUT2D eigenvalue weighted by Gasteiger charge is 2.22. The Morgan fingerprint density at radius 3 is 2.80 bits per heavy atom. The van der Waals surface area contributed by atoms with E-state index < -0.39 is 0 Å². The van der Waals surface area contributed by atoms with Gasteiger partial charge in [0.25, 0.3) is 0 Å². The molecule has 2 atom stereocenters. The molecule has 3 aromatic rings. The standard InChI is InChI=1S/C16H18N4/c1-2-13(17)16(12-6-5-9-18-10-12)20-11-19-14-7-3-4-8-15(14)20/h3-11,13,16H,2,17H2,1H3. The van der Waals surface area contributed by atoms with Crippen molar-refractivity contribution in [1.82, 2.24) is 14.5 Å². The van der Waals surface area contributed by atoms with E-state index in [0.29, 0.717) is 0 Å². The van der Waals surface area contributed by atoms with Gasteiger partial charge in [-0.15, -0.1) is 0 Å². The van der Waals surface area contributed by atoms with Crippen molar-refractivity contribution in [3.63, 3.8) is 0 Å². The highest BCUT2D eigenvalue weighted by Crippen LogP contribution is 2.26. The number of pyridine rings is 1. The van der Waals surface area contributed by atoms with Crippen molar-refractivity contribution >= 4 is 11.0 Å². The number of imidazole rings is 1. The highest BCUT2D eigenvalue weighted by atomic mass is 15.1. The first-order chi connectivity index (χ1) is 9.81. The Morgan fingerprint density at radius 1 is 1.20 bits per heavy atom. The third kappa shape index (κ3) is 2.18. The number of hydrogen-bond acceptors (Lipinski definition) is 3. The molecule has 0 saturated heterocycles. The van der Waals surface area contributed by atoms with Crippen LogP contribution in [0.15, 0.2) is 55.1 Å². The van der Waals surface area contributed by atoms with Crippen LogP contribution in [-0.4, -0.2) is 20.6 Å². The van der Waals surface area contributed by atoms with E-state index in [-0.39, 0.29) is 12.1 Å². The van der Waals surface area contributed by atoms with Crippen LogP contribution in [0.3, 0.4) is 0 Å². The Morgan fingerprint density at radius 2 is 2.05 bits per heavy atom. The number of nitrogens with zero attached hydrogens (tertiary/aromatic N) is 3. The Bertz CT molecular complexity index is 690. The van der Waals surface area contributed by atoms with E-state index in [4.69, 9.17) is 5.73 Å². The first kappa shape index (κ1) is 12.8. The van der Waals surface area contributed by atoms with Gasteiger partial charge < -0.3 is 10.3 Å². The van der Waals surface area contributed by atoms with Crippen LogP contribution in [0, 0.1) is 0 Å². The third-order valence-corrected chi connectivity index (χ3v) is 3.68. The molecule has 0 aliphatic rings. The molecule has 0 radical (unpaired) electrons. The summed E-state index contributed by atoms with van der Waals surface area (Å²) in [6.45, 7) is 2.10. The number of para-hydroxylation sites is 2. The van der Waals surface area contributed by atoms with Gasteiger partial charge in [0.2, 0.25) is 0 Å². The summed E-state index contributed by atoms with van der Waals surface area (Å²) in [5.74, 6) is 0. The first-order valence-corrected chi connectivity index (χ1v) is 6.88. The Kier molecular flexibility index (Phi) is 3.48. The van der Waals surface area contributed by atoms with Gasteiger partial charge in [-0.3, -0.25) is 4.98 Å². The molecule has 3 rings (SSSR count). The quantitative estimate of drug-likeness (QED) is 0.790. The molecule has 0 amide bonds. The van der Waals surface area contributed by atoms with E-state index in [1.165, 1.54) is 0 Å². The predicted molar refractivity (Wildman–Crippen MR) is 80.4 cm³/mol. The van der Waals surface area contributed by atoms with E-state index in [1.807, 2.05) is 36.8 Å². The fourth-order valence-electron chi connectivity index (χ4n) is 2.59. The van der Waals surface area contributed by atoms with E-state index in [1.54, 1.807) is 6.20 Å². The minimum absolute atomic E-state index is 0.0248. The Hall–Kier alpha value is -2.20. The number of fused-ring (bicyclic) bond motifs is 1.